The summed E-state index contributed by atoms with van der Waals surface area (Å²) in [6.07, 6.45) is 1.80. The van der Waals surface area contributed by atoms with Gasteiger partial charge in [0.2, 0.25) is 11.0 Å². The average molecular weight is 342 g/mol. The Balaban J connectivity index is 2.13. The van der Waals surface area contributed by atoms with Crippen molar-refractivity contribution >= 4 is 28.5 Å². The topological polar surface area (TPSA) is 105 Å². The molecule has 1 amide bonds. The maximum Gasteiger partial charge on any atom is 0.329 e. The molecule has 23 heavy (non-hydrogen) atoms. The zero-order valence-electron chi connectivity index (χ0n) is 13.5. The van der Waals surface area contributed by atoms with Crippen LogP contribution in [-0.4, -0.2) is 57.0 Å². The Kier molecular flexibility index (Phi) is 5.75. The molecule has 0 saturated carbocycles. The van der Waals surface area contributed by atoms with Crippen LogP contribution in [0.5, 0.6) is 6.01 Å². The number of likely N-dealkylation sites (tertiary alicyclic amines) is 1. The molecule has 1 aromatic rings. The number of carboxylic acids is 1. The van der Waals surface area contributed by atoms with Gasteiger partial charge in [-0.3, -0.25) is 4.79 Å². The second-order valence-electron chi connectivity index (χ2n) is 5.94. The van der Waals surface area contributed by atoms with Crippen molar-refractivity contribution in [2.24, 2.45) is 5.92 Å². The first-order chi connectivity index (χ1) is 10.9. The van der Waals surface area contributed by atoms with E-state index in [4.69, 9.17) is 4.74 Å². The van der Waals surface area contributed by atoms with E-state index in [-0.39, 0.29) is 17.8 Å². The molecule has 0 aromatic carbocycles. The van der Waals surface area contributed by atoms with E-state index >= 15 is 0 Å². The molecule has 1 saturated heterocycles. The van der Waals surface area contributed by atoms with Gasteiger partial charge in [0.05, 0.1) is 7.11 Å². The summed E-state index contributed by atoms with van der Waals surface area (Å²) in [7, 11) is 1.48. The summed E-state index contributed by atoms with van der Waals surface area (Å²) in [6, 6.07) is -1.01. The van der Waals surface area contributed by atoms with Gasteiger partial charge in [0.15, 0.2) is 0 Å². The molecule has 1 aliphatic heterocycles. The summed E-state index contributed by atoms with van der Waals surface area (Å²) in [5.74, 6) is -0.869. The number of aromatic nitrogens is 2. The van der Waals surface area contributed by atoms with E-state index in [9.17, 15) is 14.7 Å². The molecule has 1 aliphatic rings. The number of carbonyl (C=O) groups excluding carboxylic acids is 1. The minimum absolute atomic E-state index is 0.197. The van der Waals surface area contributed by atoms with Gasteiger partial charge in [-0.2, -0.15) is 4.98 Å². The number of rotatable bonds is 7. The van der Waals surface area contributed by atoms with E-state index in [0.717, 1.165) is 11.5 Å². The lowest BCUT2D eigenvalue weighted by Crippen LogP contribution is -2.48. The maximum absolute atomic E-state index is 12.8. The van der Waals surface area contributed by atoms with E-state index in [1.165, 1.54) is 12.0 Å². The zero-order chi connectivity index (χ0) is 17.0. The van der Waals surface area contributed by atoms with Gasteiger partial charge in [0.1, 0.15) is 12.1 Å². The Morgan fingerprint density at radius 2 is 2.26 bits per heavy atom. The second kappa shape index (κ2) is 7.58. The van der Waals surface area contributed by atoms with Crippen LogP contribution in [0.4, 0.5) is 5.13 Å². The molecule has 0 spiro atoms. The minimum Gasteiger partial charge on any atom is -0.480 e. The third-order valence-electron chi connectivity index (χ3n) is 3.71. The Hall–Kier alpha value is -1.90. The SMILES string of the molecule is COc1nsc(NC(CC(C)C)C(=O)N2CCCC2C(=O)O)n1. The molecule has 0 bridgehead atoms. The molecular weight excluding hydrogens is 320 g/mol. The monoisotopic (exact) mass is 342 g/mol. The van der Waals surface area contributed by atoms with Crippen LogP contribution in [0.3, 0.4) is 0 Å². The number of hydrogen-bond donors (Lipinski definition) is 2. The van der Waals surface area contributed by atoms with Crippen LogP contribution in [-0.2, 0) is 9.59 Å². The standard InChI is InChI=1S/C14H22N4O4S/c1-8(2)7-9(15-14-16-13(22-3)17-23-14)11(19)18-6-4-5-10(18)12(20)21/h8-10H,4-7H2,1-3H3,(H,20,21)(H,15,16,17). The highest BCUT2D eigenvalue weighted by molar-refractivity contribution is 7.09. The van der Waals surface area contributed by atoms with Gasteiger partial charge >= 0.3 is 12.0 Å². The van der Waals surface area contributed by atoms with Crippen molar-refractivity contribution < 1.29 is 19.4 Å². The van der Waals surface area contributed by atoms with E-state index in [0.29, 0.717) is 30.9 Å². The number of methoxy groups -OCH3 is 1. The molecule has 2 unspecified atom stereocenters. The summed E-state index contributed by atoms with van der Waals surface area (Å²) in [5, 5.41) is 12.8. The van der Waals surface area contributed by atoms with Gasteiger partial charge in [-0.25, -0.2) is 4.79 Å². The van der Waals surface area contributed by atoms with Crippen molar-refractivity contribution in [1.29, 1.82) is 0 Å². The van der Waals surface area contributed by atoms with Crippen molar-refractivity contribution in [2.45, 2.75) is 45.2 Å². The van der Waals surface area contributed by atoms with Gasteiger partial charge in [0, 0.05) is 18.1 Å². The molecule has 8 nitrogen and oxygen atoms in total. The van der Waals surface area contributed by atoms with Crippen molar-refractivity contribution in [3.05, 3.63) is 0 Å². The van der Waals surface area contributed by atoms with Crippen LogP contribution in [0.15, 0.2) is 0 Å². The Labute approximate surface area is 139 Å². The fourth-order valence-electron chi connectivity index (χ4n) is 2.68. The summed E-state index contributed by atoms with van der Waals surface area (Å²) < 4.78 is 8.94. The highest BCUT2D eigenvalue weighted by Gasteiger charge is 2.37. The fraction of sp³-hybridized carbons (Fsp3) is 0.714. The van der Waals surface area contributed by atoms with Crippen LogP contribution in [0.2, 0.25) is 0 Å². The number of amides is 1. The number of nitrogens with zero attached hydrogens (tertiary/aromatic N) is 3. The average Bonchev–Trinajstić information content (AvgIpc) is 3.14. The quantitative estimate of drug-likeness (QED) is 0.772. The first kappa shape index (κ1) is 17.5. The predicted molar refractivity (Wildman–Crippen MR) is 85.7 cm³/mol. The molecule has 0 radical (unpaired) electrons. The number of hydrogen-bond acceptors (Lipinski definition) is 7. The second-order valence-corrected chi connectivity index (χ2v) is 6.69. The van der Waals surface area contributed by atoms with Gasteiger partial charge in [-0.15, -0.1) is 4.37 Å². The molecule has 2 N–H and O–H groups in total. The molecule has 9 heteroatoms. The normalized spacial score (nSPS) is 19.0. The lowest BCUT2D eigenvalue weighted by molar-refractivity contribution is -0.148. The molecule has 1 fully saturated rings. The van der Waals surface area contributed by atoms with Crippen LogP contribution >= 0.6 is 11.5 Å². The molecule has 0 aliphatic carbocycles. The number of carboxylic acid groups (broad SMARTS) is 1. The Morgan fingerprint density at radius 1 is 1.52 bits per heavy atom. The largest absolute Gasteiger partial charge is 0.480 e. The van der Waals surface area contributed by atoms with Crippen molar-refractivity contribution in [3.63, 3.8) is 0 Å². The minimum atomic E-state index is -0.947. The summed E-state index contributed by atoms with van der Waals surface area (Å²) in [4.78, 5) is 29.7. The molecular formula is C14H22N4O4S. The molecule has 2 heterocycles. The van der Waals surface area contributed by atoms with Crippen LogP contribution in [0, 0.1) is 5.92 Å². The van der Waals surface area contributed by atoms with E-state index in [1.807, 2.05) is 13.8 Å². The van der Waals surface area contributed by atoms with Crippen LogP contribution < -0.4 is 10.1 Å². The number of aliphatic carboxylic acids is 1. The molecule has 128 valence electrons. The predicted octanol–water partition coefficient (Wildman–Crippen LogP) is 1.45. The van der Waals surface area contributed by atoms with Crippen LogP contribution in [0.1, 0.15) is 33.1 Å². The lowest BCUT2D eigenvalue weighted by atomic mass is 10.0. The summed E-state index contributed by atoms with van der Waals surface area (Å²) in [6.45, 7) is 4.51. The first-order valence-corrected chi connectivity index (χ1v) is 8.37. The Morgan fingerprint density at radius 3 is 2.83 bits per heavy atom. The molecule has 2 rings (SSSR count). The Bertz CT molecular complexity index is 563. The van der Waals surface area contributed by atoms with Crippen molar-refractivity contribution in [3.8, 4) is 6.01 Å². The third kappa shape index (κ3) is 4.31. The summed E-state index contributed by atoms with van der Waals surface area (Å²) in [5.41, 5.74) is 0. The van der Waals surface area contributed by atoms with Crippen LogP contribution in [0.25, 0.3) is 0 Å². The number of ether oxygens (including phenoxy) is 1. The molecule has 2 atom stereocenters. The zero-order valence-corrected chi connectivity index (χ0v) is 14.3. The van der Waals surface area contributed by atoms with E-state index < -0.39 is 18.1 Å². The third-order valence-corrected chi connectivity index (χ3v) is 4.34. The smallest absolute Gasteiger partial charge is 0.329 e. The first-order valence-electron chi connectivity index (χ1n) is 7.60. The lowest BCUT2D eigenvalue weighted by Gasteiger charge is -2.28. The van der Waals surface area contributed by atoms with E-state index in [2.05, 4.69) is 14.7 Å². The molecule has 1 aromatic heterocycles. The number of anilines is 1. The number of nitrogens with one attached hydrogen (secondary N) is 1. The fourth-order valence-corrected chi connectivity index (χ4v) is 3.27. The summed E-state index contributed by atoms with van der Waals surface area (Å²) >= 11 is 1.11. The number of carbonyl (C=O) groups is 2. The highest BCUT2D eigenvalue weighted by atomic mass is 32.1. The van der Waals surface area contributed by atoms with Gasteiger partial charge in [0.25, 0.3) is 0 Å². The maximum atomic E-state index is 12.8. The van der Waals surface area contributed by atoms with Gasteiger partial charge in [-0.1, -0.05) is 13.8 Å². The van der Waals surface area contributed by atoms with Crippen molar-refractivity contribution in [1.82, 2.24) is 14.3 Å². The van der Waals surface area contributed by atoms with Gasteiger partial charge in [-0.05, 0) is 25.2 Å². The highest BCUT2D eigenvalue weighted by Crippen LogP contribution is 2.23. The van der Waals surface area contributed by atoms with Crippen molar-refractivity contribution in [2.75, 3.05) is 19.0 Å². The van der Waals surface area contributed by atoms with Gasteiger partial charge < -0.3 is 20.1 Å². The van der Waals surface area contributed by atoms with E-state index in [1.54, 1.807) is 0 Å².